The van der Waals surface area contributed by atoms with Crippen LogP contribution in [0, 0.1) is 17.3 Å². The molecule has 0 unspecified atom stereocenters. The molecule has 1 fully saturated rings. The SMILES string of the molecule is C=C1CC[C@H]([C@H](C)CO)C1(C)C. The Hall–Kier alpha value is -0.300. The molecular formula is C11H20O. The van der Waals surface area contributed by atoms with E-state index in [1.54, 1.807) is 0 Å². The first kappa shape index (κ1) is 9.79. The lowest BCUT2D eigenvalue weighted by atomic mass is 9.74. The van der Waals surface area contributed by atoms with Crippen molar-refractivity contribution < 1.29 is 5.11 Å². The quantitative estimate of drug-likeness (QED) is 0.628. The molecule has 1 rings (SSSR count). The van der Waals surface area contributed by atoms with Crippen LogP contribution in [0.15, 0.2) is 12.2 Å². The first-order valence-electron chi connectivity index (χ1n) is 4.79. The van der Waals surface area contributed by atoms with Crippen molar-refractivity contribution >= 4 is 0 Å². The molecule has 0 aromatic heterocycles. The van der Waals surface area contributed by atoms with Gasteiger partial charge in [0, 0.05) is 6.61 Å². The maximum absolute atomic E-state index is 9.08. The van der Waals surface area contributed by atoms with Crippen molar-refractivity contribution in [1.82, 2.24) is 0 Å². The number of allylic oxidation sites excluding steroid dienone is 1. The lowest BCUT2D eigenvalue weighted by Gasteiger charge is -2.32. The van der Waals surface area contributed by atoms with Crippen LogP contribution in [0.5, 0.6) is 0 Å². The van der Waals surface area contributed by atoms with Crippen molar-refractivity contribution in [3.8, 4) is 0 Å². The van der Waals surface area contributed by atoms with Crippen LogP contribution in [0.1, 0.15) is 33.6 Å². The topological polar surface area (TPSA) is 20.2 Å². The van der Waals surface area contributed by atoms with Gasteiger partial charge in [0.15, 0.2) is 0 Å². The molecule has 70 valence electrons. The van der Waals surface area contributed by atoms with E-state index in [0.29, 0.717) is 18.4 Å². The number of aliphatic hydroxyl groups is 1. The number of aliphatic hydroxyl groups excluding tert-OH is 1. The van der Waals surface area contributed by atoms with Crippen LogP contribution in [0.4, 0.5) is 0 Å². The predicted octanol–water partition coefficient (Wildman–Crippen LogP) is 2.61. The normalized spacial score (nSPS) is 30.7. The first-order valence-corrected chi connectivity index (χ1v) is 4.79. The number of hydrogen-bond donors (Lipinski definition) is 1. The Labute approximate surface area is 75.5 Å². The summed E-state index contributed by atoms with van der Waals surface area (Å²) in [6.45, 7) is 11.0. The molecule has 0 aromatic rings. The smallest absolute Gasteiger partial charge is 0.0459 e. The molecule has 0 radical (unpaired) electrons. The van der Waals surface area contributed by atoms with E-state index in [1.807, 2.05) is 0 Å². The van der Waals surface area contributed by atoms with Crippen molar-refractivity contribution in [3.05, 3.63) is 12.2 Å². The molecule has 1 aliphatic rings. The Bertz CT molecular complexity index is 181. The second kappa shape index (κ2) is 3.21. The van der Waals surface area contributed by atoms with E-state index in [9.17, 15) is 0 Å². The zero-order valence-electron chi connectivity index (χ0n) is 8.43. The Balaban J connectivity index is 2.74. The highest BCUT2D eigenvalue weighted by Gasteiger charge is 2.39. The van der Waals surface area contributed by atoms with Crippen molar-refractivity contribution in [2.45, 2.75) is 33.6 Å². The summed E-state index contributed by atoms with van der Waals surface area (Å²) < 4.78 is 0. The standard InChI is InChI=1S/C11H20O/c1-8(7-12)10-6-5-9(2)11(10,3)4/h8,10,12H,2,5-7H2,1,3-4H3/t8-,10-/m1/s1. The third-order valence-electron chi connectivity index (χ3n) is 3.57. The molecule has 0 amide bonds. The molecule has 0 spiro atoms. The third-order valence-corrected chi connectivity index (χ3v) is 3.57. The van der Waals surface area contributed by atoms with Gasteiger partial charge in [-0.1, -0.05) is 32.9 Å². The van der Waals surface area contributed by atoms with Crippen LogP contribution in [-0.2, 0) is 0 Å². The zero-order chi connectivity index (χ0) is 9.35. The van der Waals surface area contributed by atoms with Gasteiger partial charge in [0.25, 0.3) is 0 Å². The average molecular weight is 168 g/mol. The van der Waals surface area contributed by atoms with Crippen molar-refractivity contribution in [3.63, 3.8) is 0 Å². The van der Waals surface area contributed by atoms with Gasteiger partial charge in [0.1, 0.15) is 0 Å². The van der Waals surface area contributed by atoms with Crippen LogP contribution < -0.4 is 0 Å². The Morgan fingerprint density at radius 3 is 2.58 bits per heavy atom. The van der Waals surface area contributed by atoms with E-state index >= 15 is 0 Å². The Morgan fingerprint density at radius 2 is 2.25 bits per heavy atom. The van der Waals surface area contributed by atoms with Gasteiger partial charge in [0.2, 0.25) is 0 Å². The summed E-state index contributed by atoms with van der Waals surface area (Å²) in [6, 6.07) is 0. The van der Waals surface area contributed by atoms with E-state index < -0.39 is 0 Å². The minimum Gasteiger partial charge on any atom is -0.396 e. The Morgan fingerprint density at radius 1 is 1.67 bits per heavy atom. The van der Waals surface area contributed by atoms with Crippen LogP contribution in [-0.4, -0.2) is 11.7 Å². The molecule has 12 heavy (non-hydrogen) atoms. The molecule has 0 saturated heterocycles. The largest absolute Gasteiger partial charge is 0.396 e. The maximum atomic E-state index is 9.08. The summed E-state index contributed by atoms with van der Waals surface area (Å²) in [5, 5.41) is 9.08. The van der Waals surface area contributed by atoms with Crippen LogP contribution in [0.2, 0.25) is 0 Å². The predicted molar refractivity (Wildman–Crippen MR) is 51.9 cm³/mol. The fourth-order valence-corrected chi connectivity index (χ4v) is 2.40. The van der Waals surface area contributed by atoms with Crippen molar-refractivity contribution in [2.24, 2.45) is 17.3 Å². The molecule has 1 saturated carbocycles. The van der Waals surface area contributed by atoms with E-state index in [4.69, 9.17) is 5.11 Å². The molecule has 1 nitrogen and oxygen atoms in total. The minimum absolute atomic E-state index is 0.238. The van der Waals surface area contributed by atoms with Gasteiger partial charge in [-0.2, -0.15) is 0 Å². The second-order valence-corrected chi connectivity index (χ2v) is 4.63. The van der Waals surface area contributed by atoms with E-state index in [0.717, 1.165) is 6.42 Å². The van der Waals surface area contributed by atoms with Crippen LogP contribution in [0.3, 0.4) is 0 Å². The second-order valence-electron chi connectivity index (χ2n) is 4.63. The van der Waals surface area contributed by atoms with Gasteiger partial charge in [-0.3, -0.25) is 0 Å². The first-order chi connectivity index (χ1) is 5.50. The van der Waals surface area contributed by atoms with Crippen molar-refractivity contribution in [2.75, 3.05) is 6.61 Å². The third kappa shape index (κ3) is 1.42. The monoisotopic (exact) mass is 168 g/mol. The highest BCUT2D eigenvalue weighted by molar-refractivity contribution is 5.15. The van der Waals surface area contributed by atoms with E-state index in [-0.39, 0.29) is 5.41 Å². The molecule has 1 heteroatoms. The van der Waals surface area contributed by atoms with Crippen LogP contribution in [0.25, 0.3) is 0 Å². The van der Waals surface area contributed by atoms with Gasteiger partial charge in [-0.05, 0) is 30.1 Å². The lowest BCUT2D eigenvalue weighted by Crippen LogP contribution is -2.26. The van der Waals surface area contributed by atoms with Crippen LogP contribution >= 0.6 is 0 Å². The lowest BCUT2D eigenvalue weighted by molar-refractivity contribution is 0.137. The highest BCUT2D eigenvalue weighted by atomic mass is 16.3. The summed E-state index contributed by atoms with van der Waals surface area (Å²) in [4.78, 5) is 0. The highest BCUT2D eigenvalue weighted by Crippen LogP contribution is 2.49. The van der Waals surface area contributed by atoms with Gasteiger partial charge in [-0.25, -0.2) is 0 Å². The summed E-state index contributed by atoms with van der Waals surface area (Å²) in [5.41, 5.74) is 1.59. The minimum atomic E-state index is 0.238. The summed E-state index contributed by atoms with van der Waals surface area (Å²) >= 11 is 0. The average Bonchev–Trinajstić information content (AvgIpc) is 2.27. The number of rotatable bonds is 2. The molecule has 0 heterocycles. The van der Waals surface area contributed by atoms with Gasteiger partial charge in [-0.15, -0.1) is 0 Å². The Kier molecular flexibility index (Phi) is 2.62. The molecule has 0 aromatic carbocycles. The molecular weight excluding hydrogens is 148 g/mol. The molecule has 2 atom stereocenters. The summed E-state index contributed by atoms with van der Waals surface area (Å²) in [7, 11) is 0. The molecule has 1 aliphatic carbocycles. The molecule has 0 bridgehead atoms. The fraction of sp³-hybridized carbons (Fsp3) is 0.818. The van der Waals surface area contributed by atoms with E-state index in [2.05, 4.69) is 27.4 Å². The van der Waals surface area contributed by atoms with Gasteiger partial charge >= 0.3 is 0 Å². The molecule has 1 N–H and O–H groups in total. The van der Waals surface area contributed by atoms with E-state index in [1.165, 1.54) is 12.0 Å². The summed E-state index contributed by atoms with van der Waals surface area (Å²) in [6.07, 6.45) is 2.34. The summed E-state index contributed by atoms with van der Waals surface area (Å²) in [5.74, 6) is 1.04. The fourth-order valence-electron chi connectivity index (χ4n) is 2.40. The number of hydrogen-bond acceptors (Lipinski definition) is 1. The zero-order valence-corrected chi connectivity index (χ0v) is 8.43. The maximum Gasteiger partial charge on any atom is 0.0459 e. The van der Waals surface area contributed by atoms with Crippen molar-refractivity contribution in [1.29, 1.82) is 0 Å². The van der Waals surface area contributed by atoms with Gasteiger partial charge in [0.05, 0.1) is 0 Å². The van der Waals surface area contributed by atoms with Gasteiger partial charge < -0.3 is 5.11 Å². The molecule has 0 aliphatic heterocycles.